The predicted octanol–water partition coefficient (Wildman–Crippen LogP) is 3.00. The zero-order chi connectivity index (χ0) is 15.2. The Labute approximate surface area is 118 Å². The monoisotopic (exact) mass is 307 g/mol. The number of alkyl halides is 3. The van der Waals surface area contributed by atoms with Gasteiger partial charge in [-0.25, -0.2) is 0 Å². The van der Waals surface area contributed by atoms with E-state index in [0.29, 0.717) is 22.1 Å². The molecule has 112 valence electrons. The third-order valence-corrected chi connectivity index (χ3v) is 3.42. The average Bonchev–Trinajstić information content (AvgIpc) is 2.72. The minimum atomic E-state index is -4.15. The molecule has 1 amide bonds. The summed E-state index contributed by atoms with van der Waals surface area (Å²) in [5.74, 6) is -0.323. The van der Waals surface area contributed by atoms with Crippen molar-refractivity contribution in [1.82, 2.24) is 5.32 Å². The standard InChI is InChI=1S/C12H16F3N3OS/c1-2-5-18-11(19)10-8(16)7-9(20-10)17-6-3-4-12(13,14)15/h2,7,17H,1,3-6,16H2,(H,18,19). The minimum absolute atomic E-state index is 0.0285. The van der Waals surface area contributed by atoms with Gasteiger partial charge in [-0.2, -0.15) is 13.2 Å². The van der Waals surface area contributed by atoms with Gasteiger partial charge in [-0.1, -0.05) is 6.08 Å². The zero-order valence-corrected chi connectivity index (χ0v) is 11.5. The molecule has 0 aliphatic rings. The fourth-order valence-corrected chi connectivity index (χ4v) is 2.34. The van der Waals surface area contributed by atoms with Crippen LogP contribution >= 0.6 is 11.3 Å². The highest BCUT2D eigenvalue weighted by Gasteiger charge is 2.25. The molecule has 0 saturated heterocycles. The third kappa shape index (κ3) is 5.52. The Kier molecular flexibility index (Phi) is 5.87. The van der Waals surface area contributed by atoms with E-state index in [1.54, 1.807) is 6.07 Å². The fraction of sp³-hybridized carbons (Fsp3) is 0.417. The van der Waals surface area contributed by atoms with E-state index in [4.69, 9.17) is 5.73 Å². The molecule has 0 aliphatic carbocycles. The molecule has 0 atom stereocenters. The van der Waals surface area contributed by atoms with Gasteiger partial charge in [0, 0.05) is 19.5 Å². The molecule has 1 rings (SSSR count). The number of nitrogen functional groups attached to an aromatic ring is 1. The van der Waals surface area contributed by atoms with Crippen molar-refractivity contribution >= 4 is 27.9 Å². The lowest BCUT2D eigenvalue weighted by molar-refractivity contribution is -0.134. The summed E-state index contributed by atoms with van der Waals surface area (Å²) in [5.41, 5.74) is 5.99. The van der Waals surface area contributed by atoms with Crippen LogP contribution in [0.3, 0.4) is 0 Å². The van der Waals surface area contributed by atoms with Crippen LogP contribution in [0.4, 0.5) is 23.9 Å². The lowest BCUT2D eigenvalue weighted by Crippen LogP contribution is -2.22. The normalized spacial score (nSPS) is 11.2. The molecule has 1 heterocycles. The second-order valence-electron chi connectivity index (χ2n) is 4.04. The summed E-state index contributed by atoms with van der Waals surface area (Å²) in [6.45, 7) is 3.97. The van der Waals surface area contributed by atoms with E-state index in [1.807, 2.05) is 0 Å². The highest BCUT2D eigenvalue weighted by atomic mass is 32.1. The summed E-state index contributed by atoms with van der Waals surface area (Å²) in [4.78, 5) is 12.0. The van der Waals surface area contributed by atoms with E-state index in [-0.39, 0.29) is 18.9 Å². The Balaban J connectivity index is 2.48. The largest absolute Gasteiger partial charge is 0.397 e. The molecular formula is C12H16F3N3OS. The number of anilines is 2. The second kappa shape index (κ2) is 7.18. The molecule has 1 aromatic heterocycles. The summed E-state index contributed by atoms with van der Waals surface area (Å²) < 4.78 is 35.9. The number of nitrogens with two attached hydrogens (primary N) is 1. The van der Waals surface area contributed by atoms with Gasteiger partial charge in [0.05, 0.1) is 10.7 Å². The molecule has 1 aromatic rings. The molecule has 0 saturated carbocycles. The van der Waals surface area contributed by atoms with Crippen LogP contribution in [0, 0.1) is 0 Å². The molecule has 0 unspecified atom stereocenters. The van der Waals surface area contributed by atoms with Crippen molar-refractivity contribution in [3.8, 4) is 0 Å². The number of carbonyl (C=O) groups is 1. The maximum atomic E-state index is 12.0. The lowest BCUT2D eigenvalue weighted by atomic mass is 10.3. The number of rotatable bonds is 7. The van der Waals surface area contributed by atoms with Gasteiger partial charge in [0.25, 0.3) is 5.91 Å². The Morgan fingerprint density at radius 3 is 2.80 bits per heavy atom. The van der Waals surface area contributed by atoms with Crippen LogP contribution in [0.2, 0.25) is 0 Å². The van der Waals surface area contributed by atoms with E-state index in [2.05, 4.69) is 17.2 Å². The van der Waals surface area contributed by atoms with Gasteiger partial charge in [0.1, 0.15) is 4.88 Å². The van der Waals surface area contributed by atoms with Crippen molar-refractivity contribution in [2.45, 2.75) is 19.0 Å². The molecule has 4 N–H and O–H groups in total. The van der Waals surface area contributed by atoms with Gasteiger partial charge in [0.15, 0.2) is 0 Å². The number of carbonyl (C=O) groups excluding carboxylic acids is 1. The van der Waals surface area contributed by atoms with Gasteiger partial charge in [-0.15, -0.1) is 17.9 Å². The van der Waals surface area contributed by atoms with Crippen LogP contribution < -0.4 is 16.4 Å². The van der Waals surface area contributed by atoms with Crippen LogP contribution in [-0.2, 0) is 0 Å². The zero-order valence-electron chi connectivity index (χ0n) is 10.7. The SMILES string of the molecule is C=CCNC(=O)c1sc(NCCCC(F)(F)F)cc1N. The van der Waals surface area contributed by atoms with E-state index in [9.17, 15) is 18.0 Å². The Morgan fingerprint density at radius 1 is 1.50 bits per heavy atom. The number of amides is 1. The number of hydrogen-bond donors (Lipinski definition) is 3. The smallest absolute Gasteiger partial charge is 0.389 e. The van der Waals surface area contributed by atoms with Crippen molar-refractivity contribution in [1.29, 1.82) is 0 Å². The van der Waals surface area contributed by atoms with Gasteiger partial charge >= 0.3 is 6.18 Å². The third-order valence-electron chi connectivity index (χ3n) is 2.31. The molecule has 0 radical (unpaired) electrons. The topological polar surface area (TPSA) is 67.2 Å². The van der Waals surface area contributed by atoms with Crippen molar-refractivity contribution in [3.05, 3.63) is 23.6 Å². The average molecular weight is 307 g/mol. The molecule has 0 bridgehead atoms. The highest BCUT2D eigenvalue weighted by Crippen LogP contribution is 2.29. The summed E-state index contributed by atoms with van der Waals surface area (Å²) in [6, 6.07) is 1.54. The van der Waals surface area contributed by atoms with Crippen molar-refractivity contribution < 1.29 is 18.0 Å². The van der Waals surface area contributed by atoms with Gasteiger partial charge < -0.3 is 16.4 Å². The van der Waals surface area contributed by atoms with Crippen LogP contribution in [0.25, 0.3) is 0 Å². The van der Waals surface area contributed by atoms with Gasteiger partial charge in [0.2, 0.25) is 0 Å². The highest BCUT2D eigenvalue weighted by molar-refractivity contribution is 7.18. The molecule has 0 fully saturated rings. The first-order valence-electron chi connectivity index (χ1n) is 5.92. The Bertz CT molecular complexity index is 471. The molecule has 0 spiro atoms. The molecule has 0 aliphatic heterocycles. The summed E-state index contributed by atoms with van der Waals surface area (Å²) in [7, 11) is 0. The Morgan fingerprint density at radius 2 is 2.20 bits per heavy atom. The number of hydrogen-bond acceptors (Lipinski definition) is 4. The van der Waals surface area contributed by atoms with Gasteiger partial charge in [-0.05, 0) is 12.5 Å². The van der Waals surface area contributed by atoms with E-state index < -0.39 is 12.6 Å². The first-order valence-corrected chi connectivity index (χ1v) is 6.74. The molecular weight excluding hydrogens is 291 g/mol. The van der Waals surface area contributed by atoms with Crippen LogP contribution in [0.1, 0.15) is 22.5 Å². The first-order chi connectivity index (χ1) is 9.33. The maximum Gasteiger partial charge on any atom is 0.389 e. The van der Waals surface area contributed by atoms with Crippen molar-refractivity contribution in [2.75, 3.05) is 24.1 Å². The number of nitrogens with one attached hydrogen (secondary N) is 2. The van der Waals surface area contributed by atoms with Crippen molar-refractivity contribution in [2.24, 2.45) is 0 Å². The second-order valence-corrected chi connectivity index (χ2v) is 5.09. The minimum Gasteiger partial charge on any atom is -0.397 e. The van der Waals surface area contributed by atoms with E-state index in [0.717, 1.165) is 11.3 Å². The molecule has 20 heavy (non-hydrogen) atoms. The number of thiophene rings is 1. The van der Waals surface area contributed by atoms with Crippen LogP contribution in [-0.4, -0.2) is 25.2 Å². The summed E-state index contributed by atoms with van der Waals surface area (Å²) in [5, 5.41) is 5.99. The summed E-state index contributed by atoms with van der Waals surface area (Å²) >= 11 is 1.11. The van der Waals surface area contributed by atoms with Gasteiger partial charge in [-0.3, -0.25) is 4.79 Å². The molecule has 8 heteroatoms. The van der Waals surface area contributed by atoms with Crippen LogP contribution in [0.5, 0.6) is 0 Å². The quantitative estimate of drug-likeness (QED) is 0.536. The van der Waals surface area contributed by atoms with E-state index >= 15 is 0 Å². The van der Waals surface area contributed by atoms with E-state index in [1.165, 1.54) is 6.08 Å². The van der Waals surface area contributed by atoms with Crippen molar-refractivity contribution in [3.63, 3.8) is 0 Å². The fourth-order valence-electron chi connectivity index (χ4n) is 1.42. The molecule has 0 aromatic carbocycles. The van der Waals surface area contributed by atoms with Crippen LogP contribution in [0.15, 0.2) is 18.7 Å². The Hall–Kier alpha value is -1.70. The first kappa shape index (κ1) is 16.4. The predicted molar refractivity (Wildman–Crippen MR) is 75.0 cm³/mol. The lowest BCUT2D eigenvalue weighted by Gasteiger charge is -2.06. The number of halogens is 3. The molecule has 4 nitrogen and oxygen atoms in total. The summed E-state index contributed by atoms with van der Waals surface area (Å²) in [6.07, 6.45) is -3.48. The maximum absolute atomic E-state index is 12.0.